The third-order valence-electron chi connectivity index (χ3n) is 6.16. The summed E-state index contributed by atoms with van der Waals surface area (Å²) < 4.78 is 0. The molecule has 31 heavy (non-hydrogen) atoms. The molecule has 1 fully saturated rings. The number of carbonyl (C=O) groups excluding carboxylic acids is 2. The fourth-order valence-electron chi connectivity index (χ4n) is 4.23. The topological polar surface area (TPSA) is 58.2 Å². The molecule has 2 N–H and O–H groups in total. The first-order chi connectivity index (χ1) is 15.2. The van der Waals surface area contributed by atoms with Crippen molar-refractivity contribution in [2.24, 2.45) is 0 Å². The van der Waals surface area contributed by atoms with Gasteiger partial charge in [0.05, 0.1) is 0 Å². The lowest BCUT2D eigenvalue weighted by Gasteiger charge is -2.21. The summed E-state index contributed by atoms with van der Waals surface area (Å²) in [5.74, 6) is -0.0634. The molecule has 1 rings (SSSR count). The van der Waals surface area contributed by atoms with Gasteiger partial charge in [-0.25, -0.2) is 0 Å². The predicted molar refractivity (Wildman–Crippen MR) is 132 cm³/mol. The maximum Gasteiger partial charge on any atom is 0.243 e. The number of rotatable bonds is 18. The summed E-state index contributed by atoms with van der Waals surface area (Å²) in [5.41, 5.74) is 0. The molecule has 1 aliphatic rings. The number of carbonyl (C=O) groups is 2. The van der Waals surface area contributed by atoms with E-state index in [9.17, 15) is 9.59 Å². The molecule has 0 spiro atoms. The van der Waals surface area contributed by atoms with Gasteiger partial charge in [-0.15, -0.1) is 0 Å². The molecule has 1 saturated carbocycles. The summed E-state index contributed by atoms with van der Waals surface area (Å²) in [5, 5.41) is 6.18. The second-order valence-electron chi connectivity index (χ2n) is 9.08. The molecule has 0 bridgehead atoms. The van der Waals surface area contributed by atoms with Crippen molar-refractivity contribution in [2.75, 3.05) is 0 Å². The molecule has 2 atom stereocenters. The Balaban J connectivity index is 2.17. The van der Waals surface area contributed by atoms with Crippen LogP contribution in [0.15, 0.2) is 24.3 Å². The quantitative estimate of drug-likeness (QED) is 0.186. The number of unbranched alkanes of at least 4 members (excludes halogenated alkanes) is 12. The summed E-state index contributed by atoms with van der Waals surface area (Å²) in [6.45, 7) is 4.46. The van der Waals surface area contributed by atoms with Crippen LogP contribution in [0.3, 0.4) is 0 Å². The van der Waals surface area contributed by atoms with Crippen LogP contribution in [0.2, 0.25) is 0 Å². The lowest BCUT2D eigenvalue weighted by molar-refractivity contribution is -0.119. The molecular formula is C27H48N2O2. The van der Waals surface area contributed by atoms with E-state index in [1.807, 2.05) is 12.2 Å². The first kappa shape index (κ1) is 27.5. The van der Waals surface area contributed by atoms with Crippen LogP contribution in [0.25, 0.3) is 0 Å². The Morgan fingerprint density at radius 3 is 1.45 bits per heavy atom. The second-order valence-corrected chi connectivity index (χ2v) is 9.08. The van der Waals surface area contributed by atoms with E-state index in [4.69, 9.17) is 0 Å². The highest BCUT2D eigenvalue weighted by Gasteiger charge is 2.28. The van der Waals surface area contributed by atoms with Crippen LogP contribution in [0, 0.1) is 0 Å². The Morgan fingerprint density at radius 1 is 0.645 bits per heavy atom. The zero-order chi connectivity index (χ0) is 22.6. The van der Waals surface area contributed by atoms with Gasteiger partial charge in [-0.1, -0.05) is 90.2 Å². The molecule has 0 radical (unpaired) electrons. The molecule has 0 aromatic heterocycles. The minimum absolute atomic E-state index is 0.0317. The Kier molecular flexibility index (Phi) is 16.9. The van der Waals surface area contributed by atoms with Gasteiger partial charge in [-0.2, -0.15) is 0 Å². The van der Waals surface area contributed by atoms with Crippen molar-refractivity contribution in [3.63, 3.8) is 0 Å². The van der Waals surface area contributed by atoms with Gasteiger partial charge in [-0.05, 0) is 57.1 Å². The van der Waals surface area contributed by atoms with E-state index in [1.165, 1.54) is 64.2 Å². The average Bonchev–Trinajstić information content (AvgIpc) is 3.18. The molecule has 178 valence electrons. The molecule has 2 amide bonds. The lowest BCUT2D eigenvalue weighted by Crippen LogP contribution is -2.47. The molecule has 0 aromatic carbocycles. The highest BCUT2D eigenvalue weighted by Crippen LogP contribution is 2.19. The lowest BCUT2D eigenvalue weighted by atomic mass is 10.1. The van der Waals surface area contributed by atoms with Crippen molar-refractivity contribution in [3.8, 4) is 0 Å². The maximum absolute atomic E-state index is 12.2. The van der Waals surface area contributed by atoms with Crippen LogP contribution in [0.1, 0.15) is 123 Å². The highest BCUT2D eigenvalue weighted by molar-refractivity contribution is 5.89. The van der Waals surface area contributed by atoms with E-state index in [2.05, 4.69) is 24.5 Å². The molecule has 0 saturated heterocycles. The van der Waals surface area contributed by atoms with Gasteiger partial charge < -0.3 is 10.6 Å². The third kappa shape index (κ3) is 15.0. The van der Waals surface area contributed by atoms with Gasteiger partial charge in [0, 0.05) is 12.1 Å². The van der Waals surface area contributed by atoms with Crippen LogP contribution >= 0.6 is 0 Å². The van der Waals surface area contributed by atoms with Crippen molar-refractivity contribution in [2.45, 2.75) is 135 Å². The van der Waals surface area contributed by atoms with E-state index < -0.39 is 0 Å². The van der Waals surface area contributed by atoms with Crippen LogP contribution in [-0.4, -0.2) is 23.9 Å². The van der Waals surface area contributed by atoms with Gasteiger partial charge in [0.25, 0.3) is 0 Å². The fourth-order valence-corrected chi connectivity index (χ4v) is 4.23. The van der Waals surface area contributed by atoms with Crippen molar-refractivity contribution >= 4 is 11.8 Å². The Bertz CT molecular complexity index is 481. The molecule has 0 aromatic rings. The minimum atomic E-state index is -0.0317. The van der Waals surface area contributed by atoms with Gasteiger partial charge in [0.2, 0.25) is 11.8 Å². The van der Waals surface area contributed by atoms with Crippen molar-refractivity contribution in [3.05, 3.63) is 24.3 Å². The normalized spacial score (nSPS) is 18.8. The Labute approximate surface area is 191 Å². The van der Waals surface area contributed by atoms with E-state index in [0.717, 1.165) is 44.9 Å². The van der Waals surface area contributed by atoms with Crippen LogP contribution in [0.5, 0.6) is 0 Å². The van der Waals surface area contributed by atoms with Crippen molar-refractivity contribution < 1.29 is 9.59 Å². The summed E-state index contributed by atoms with van der Waals surface area (Å²) in [6.07, 6.45) is 27.4. The summed E-state index contributed by atoms with van der Waals surface area (Å²) >= 11 is 0. The maximum atomic E-state index is 12.2. The number of hydrogen-bond acceptors (Lipinski definition) is 2. The van der Waals surface area contributed by atoms with Crippen LogP contribution in [-0.2, 0) is 9.59 Å². The predicted octanol–water partition coefficient (Wildman–Crippen LogP) is 6.75. The Hall–Kier alpha value is -1.58. The number of nitrogens with one attached hydrogen (secondary N) is 2. The molecular weight excluding hydrogens is 384 g/mol. The number of hydrogen-bond donors (Lipinski definition) is 2. The van der Waals surface area contributed by atoms with Crippen LogP contribution in [0.4, 0.5) is 0 Å². The van der Waals surface area contributed by atoms with Crippen molar-refractivity contribution in [1.82, 2.24) is 10.6 Å². The molecule has 1 aliphatic carbocycles. The fraction of sp³-hybridized carbons (Fsp3) is 0.778. The minimum Gasteiger partial charge on any atom is -0.348 e. The van der Waals surface area contributed by atoms with Gasteiger partial charge in [-0.3, -0.25) is 9.59 Å². The first-order valence-electron chi connectivity index (χ1n) is 13.1. The molecule has 0 heterocycles. The smallest absolute Gasteiger partial charge is 0.243 e. The van der Waals surface area contributed by atoms with E-state index >= 15 is 0 Å². The van der Waals surface area contributed by atoms with E-state index in [0.29, 0.717) is 0 Å². The summed E-state index contributed by atoms with van der Waals surface area (Å²) in [6, 6.07) is 0.0872. The van der Waals surface area contributed by atoms with Gasteiger partial charge in [0.1, 0.15) is 0 Å². The summed E-state index contributed by atoms with van der Waals surface area (Å²) in [7, 11) is 0. The third-order valence-corrected chi connectivity index (χ3v) is 6.16. The SMILES string of the molecule is CCCCCCCCC=CC(=O)NC1CCCC1NC(=O)C=CCCCCCCCC. The van der Waals surface area contributed by atoms with Gasteiger partial charge in [0.15, 0.2) is 0 Å². The summed E-state index contributed by atoms with van der Waals surface area (Å²) in [4.78, 5) is 24.4. The second kappa shape index (κ2) is 19.1. The molecule has 2 unspecified atom stereocenters. The zero-order valence-electron chi connectivity index (χ0n) is 20.3. The standard InChI is InChI=1S/C27H48N2O2/c1-3-5-7-9-11-13-15-17-22-26(30)28-24-20-19-21-25(24)29-27(31)23-18-16-14-12-10-8-6-4-2/h17-18,22-25H,3-16,19-21H2,1-2H3,(H,28,30)(H,29,31). The molecule has 0 aliphatic heterocycles. The zero-order valence-corrected chi connectivity index (χ0v) is 20.3. The number of amides is 2. The number of allylic oxidation sites excluding steroid dienone is 2. The van der Waals surface area contributed by atoms with Gasteiger partial charge >= 0.3 is 0 Å². The Morgan fingerprint density at radius 2 is 1.03 bits per heavy atom. The van der Waals surface area contributed by atoms with E-state index in [1.54, 1.807) is 12.2 Å². The van der Waals surface area contributed by atoms with E-state index in [-0.39, 0.29) is 23.9 Å². The van der Waals surface area contributed by atoms with Crippen LogP contribution < -0.4 is 10.6 Å². The monoisotopic (exact) mass is 432 g/mol. The van der Waals surface area contributed by atoms with Crippen molar-refractivity contribution in [1.29, 1.82) is 0 Å². The largest absolute Gasteiger partial charge is 0.348 e. The molecule has 4 heteroatoms. The molecule has 4 nitrogen and oxygen atoms in total. The first-order valence-corrected chi connectivity index (χ1v) is 13.1. The average molecular weight is 433 g/mol. The highest BCUT2D eigenvalue weighted by atomic mass is 16.2.